The molecule has 5 heteroatoms. The first kappa shape index (κ1) is 13.5. The lowest BCUT2D eigenvalue weighted by atomic mass is 10.1. The normalized spacial score (nSPS) is 19.2. The minimum Gasteiger partial charge on any atom is -0.480 e. The molecule has 0 aliphatic carbocycles. The van der Waals surface area contributed by atoms with Crippen LogP contribution in [0.25, 0.3) is 0 Å². The van der Waals surface area contributed by atoms with Crippen LogP contribution in [0.5, 0.6) is 0 Å². The largest absolute Gasteiger partial charge is 0.480 e. The van der Waals surface area contributed by atoms with E-state index in [9.17, 15) is 9.90 Å². The molecule has 0 bridgehead atoms. The number of nitrogens with zero attached hydrogens (tertiary/aromatic N) is 1. The lowest BCUT2D eigenvalue weighted by Crippen LogP contribution is -2.36. The summed E-state index contributed by atoms with van der Waals surface area (Å²) < 4.78 is 0.916. The van der Waals surface area contributed by atoms with E-state index in [4.69, 9.17) is 0 Å². The highest BCUT2D eigenvalue weighted by Gasteiger charge is 2.27. The number of nitrogens with one attached hydrogen (secondary N) is 1. The van der Waals surface area contributed by atoms with E-state index in [1.807, 2.05) is 29.2 Å². The maximum Gasteiger partial charge on any atom is 0.325 e. The SMILES string of the molecule is O=C(O)C(c1cccc(Br)c1)N1CCCNCC1. The van der Waals surface area contributed by atoms with Crippen LogP contribution in [0.1, 0.15) is 18.0 Å². The highest BCUT2D eigenvalue weighted by atomic mass is 79.9. The zero-order valence-electron chi connectivity index (χ0n) is 10.1. The molecule has 98 valence electrons. The maximum atomic E-state index is 11.5. The number of halogens is 1. The van der Waals surface area contributed by atoms with Gasteiger partial charge in [0.05, 0.1) is 0 Å². The van der Waals surface area contributed by atoms with Crippen LogP contribution in [0.4, 0.5) is 0 Å². The Kier molecular flexibility index (Phi) is 4.74. The minimum atomic E-state index is -0.782. The van der Waals surface area contributed by atoms with Crippen LogP contribution in [-0.2, 0) is 4.79 Å². The molecule has 1 saturated heterocycles. The summed E-state index contributed by atoms with van der Waals surface area (Å²) in [6.45, 7) is 3.39. The van der Waals surface area contributed by atoms with Crippen LogP contribution < -0.4 is 5.32 Å². The number of hydrogen-bond donors (Lipinski definition) is 2. The molecule has 0 saturated carbocycles. The molecule has 1 aromatic rings. The van der Waals surface area contributed by atoms with E-state index >= 15 is 0 Å². The van der Waals surface area contributed by atoms with Gasteiger partial charge in [-0.1, -0.05) is 28.1 Å². The summed E-state index contributed by atoms with van der Waals surface area (Å²) in [4.78, 5) is 13.6. The average molecular weight is 313 g/mol. The lowest BCUT2D eigenvalue weighted by Gasteiger charge is -2.27. The van der Waals surface area contributed by atoms with Crippen molar-refractivity contribution in [2.45, 2.75) is 12.5 Å². The van der Waals surface area contributed by atoms with Crippen molar-refractivity contribution in [3.05, 3.63) is 34.3 Å². The Balaban J connectivity index is 2.24. The molecule has 18 heavy (non-hydrogen) atoms. The van der Waals surface area contributed by atoms with E-state index in [1.165, 1.54) is 0 Å². The Morgan fingerprint density at radius 3 is 2.94 bits per heavy atom. The third-order valence-electron chi connectivity index (χ3n) is 3.14. The fourth-order valence-corrected chi connectivity index (χ4v) is 2.73. The van der Waals surface area contributed by atoms with Crippen LogP contribution in [0.15, 0.2) is 28.7 Å². The number of benzene rings is 1. The van der Waals surface area contributed by atoms with Crippen molar-refractivity contribution in [2.24, 2.45) is 0 Å². The van der Waals surface area contributed by atoms with Gasteiger partial charge in [-0.15, -0.1) is 0 Å². The third kappa shape index (κ3) is 3.31. The molecule has 1 unspecified atom stereocenters. The molecule has 1 fully saturated rings. The molecule has 1 aromatic carbocycles. The number of aliphatic carboxylic acids is 1. The van der Waals surface area contributed by atoms with Crippen molar-refractivity contribution in [3.63, 3.8) is 0 Å². The molecule has 0 aromatic heterocycles. The van der Waals surface area contributed by atoms with Crippen LogP contribution >= 0.6 is 15.9 Å². The summed E-state index contributed by atoms with van der Waals surface area (Å²) in [5.41, 5.74) is 0.832. The Morgan fingerprint density at radius 1 is 1.39 bits per heavy atom. The van der Waals surface area contributed by atoms with Crippen molar-refractivity contribution >= 4 is 21.9 Å². The zero-order valence-corrected chi connectivity index (χ0v) is 11.7. The standard InChI is InChI=1S/C13H17BrN2O2/c14-11-4-1-3-10(9-11)12(13(17)18)16-7-2-5-15-6-8-16/h1,3-4,9,12,15H,2,5-8H2,(H,17,18). The summed E-state index contributed by atoms with van der Waals surface area (Å²) in [6, 6.07) is 7.00. The predicted octanol–water partition coefficient (Wildman–Crippen LogP) is 1.87. The summed E-state index contributed by atoms with van der Waals surface area (Å²) in [7, 11) is 0. The molecular weight excluding hydrogens is 296 g/mol. The Morgan fingerprint density at radius 2 is 2.22 bits per heavy atom. The smallest absolute Gasteiger partial charge is 0.325 e. The van der Waals surface area contributed by atoms with E-state index in [0.717, 1.165) is 42.6 Å². The molecule has 1 atom stereocenters. The van der Waals surface area contributed by atoms with Gasteiger partial charge >= 0.3 is 5.97 Å². The van der Waals surface area contributed by atoms with Crippen LogP contribution in [-0.4, -0.2) is 42.2 Å². The summed E-state index contributed by atoms with van der Waals surface area (Å²) in [5.74, 6) is -0.782. The van der Waals surface area contributed by atoms with Crippen LogP contribution in [0.3, 0.4) is 0 Å². The average Bonchev–Trinajstić information content (AvgIpc) is 2.58. The third-order valence-corrected chi connectivity index (χ3v) is 3.63. The first-order valence-corrected chi connectivity index (χ1v) is 6.91. The number of carboxylic acids is 1. The zero-order chi connectivity index (χ0) is 13.0. The molecule has 2 rings (SSSR count). The second-order valence-corrected chi connectivity index (χ2v) is 5.35. The molecule has 0 spiro atoms. The highest BCUT2D eigenvalue weighted by Crippen LogP contribution is 2.24. The van der Waals surface area contributed by atoms with Crippen LogP contribution in [0, 0.1) is 0 Å². The first-order chi connectivity index (χ1) is 8.68. The predicted molar refractivity (Wildman–Crippen MR) is 73.6 cm³/mol. The molecule has 1 aliphatic heterocycles. The fourth-order valence-electron chi connectivity index (χ4n) is 2.31. The number of carboxylic acid groups (broad SMARTS) is 1. The van der Waals surface area contributed by atoms with Crippen LogP contribution in [0.2, 0.25) is 0 Å². The summed E-state index contributed by atoms with van der Waals surface area (Å²) in [6.07, 6.45) is 0.984. The molecular formula is C13H17BrN2O2. The van der Waals surface area contributed by atoms with Gasteiger partial charge < -0.3 is 10.4 Å². The topological polar surface area (TPSA) is 52.6 Å². The van der Waals surface area contributed by atoms with Crippen molar-refractivity contribution in [3.8, 4) is 0 Å². The number of carbonyl (C=O) groups is 1. The molecule has 0 amide bonds. The highest BCUT2D eigenvalue weighted by molar-refractivity contribution is 9.10. The number of hydrogen-bond acceptors (Lipinski definition) is 3. The second-order valence-electron chi connectivity index (χ2n) is 4.44. The van der Waals surface area contributed by atoms with Crippen molar-refractivity contribution < 1.29 is 9.90 Å². The van der Waals surface area contributed by atoms with E-state index in [1.54, 1.807) is 0 Å². The second kappa shape index (κ2) is 6.31. The van der Waals surface area contributed by atoms with Gasteiger partial charge in [0, 0.05) is 24.1 Å². The Labute approximate surface area is 115 Å². The monoisotopic (exact) mass is 312 g/mol. The lowest BCUT2D eigenvalue weighted by molar-refractivity contribution is -0.143. The molecule has 1 aliphatic rings. The Hall–Kier alpha value is -0.910. The molecule has 4 nitrogen and oxygen atoms in total. The molecule has 0 radical (unpaired) electrons. The van der Waals surface area contributed by atoms with E-state index in [2.05, 4.69) is 21.2 Å². The van der Waals surface area contributed by atoms with Gasteiger partial charge in [-0.2, -0.15) is 0 Å². The summed E-state index contributed by atoms with van der Waals surface area (Å²) >= 11 is 3.40. The van der Waals surface area contributed by atoms with Gasteiger partial charge in [0.2, 0.25) is 0 Å². The summed E-state index contributed by atoms with van der Waals surface area (Å²) in [5, 5.41) is 12.8. The maximum absolute atomic E-state index is 11.5. The van der Waals surface area contributed by atoms with Gasteiger partial charge in [-0.25, -0.2) is 0 Å². The number of rotatable bonds is 3. The van der Waals surface area contributed by atoms with Crippen molar-refractivity contribution in [1.29, 1.82) is 0 Å². The van der Waals surface area contributed by atoms with Gasteiger partial charge in [0.1, 0.15) is 6.04 Å². The van der Waals surface area contributed by atoms with Crippen molar-refractivity contribution in [1.82, 2.24) is 10.2 Å². The van der Waals surface area contributed by atoms with Gasteiger partial charge in [-0.05, 0) is 30.7 Å². The fraction of sp³-hybridized carbons (Fsp3) is 0.462. The van der Waals surface area contributed by atoms with E-state index in [0.29, 0.717) is 0 Å². The van der Waals surface area contributed by atoms with Crippen molar-refractivity contribution in [2.75, 3.05) is 26.2 Å². The molecule has 1 heterocycles. The van der Waals surface area contributed by atoms with Gasteiger partial charge in [-0.3, -0.25) is 9.69 Å². The van der Waals surface area contributed by atoms with E-state index < -0.39 is 12.0 Å². The Bertz CT molecular complexity index is 417. The molecule has 2 N–H and O–H groups in total. The van der Waals surface area contributed by atoms with Gasteiger partial charge in [0.15, 0.2) is 0 Å². The van der Waals surface area contributed by atoms with Gasteiger partial charge in [0.25, 0.3) is 0 Å². The first-order valence-electron chi connectivity index (χ1n) is 6.11. The van der Waals surface area contributed by atoms with E-state index in [-0.39, 0.29) is 0 Å². The minimum absolute atomic E-state index is 0.553. The quantitative estimate of drug-likeness (QED) is 0.894.